The summed E-state index contributed by atoms with van der Waals surface area (Å²) >= 11 is 0. The maximum atomic E-state index is 10.5. The third-order valence-electron chi connectivity index (χ3n) is 1.84. The average Bonchev–Trinajstić information content (AvgIpc) is 2.18. The van der Waals surface area contributed by atoms with E-state index >= 15 is 0 Å². The predicted molar refractivity (Wildman–Crippen MR) is 54.0 cm³/mol. The Morgan fingerprint density at radius 3 is 2.79 bits per heavy atom. The van der Waals surface area contributed by atoms with Gasteiger partial charge in [0.2, 0.25) is 0 Å². The Morgan fingerprint density at radius 1 is 1.36 bits per heavy atom. The Hall–Kier alpha value is -1.42. The fourth-order valence-corrected chi connectivity index (χ4v) is 1.10. The predicted octanol–water partition coefficient (Wildman–Crippen LogP) is 2.42. The molecule has 0 aromatic heterocycles. The van der Waals surface area contributed by atoms with Crippen molar-refractivity contribution in [3.63, 3.8) is 0 Å². The molecule has 0 unspecified atom stereocenters. The van der Waals surface area contributed by atoms with Crippen LogP contribution in [0, 0.1) is 11.8 Å². The molecule has 0 fully saturated rings. The molecule has 4 heteroatoms. The number of nitrogens with zero attached hydrogens (tertiary/aromatic N) is 1. The van der Waals surface area contributed by atoms with Crippen molar-refractivity contribution in [1.29, 1.82) is 0 Å². The summed E-state index contributed by atoms with van der Waals surface area (Å²) in [5.41, 5.74) is 1.18. The molecule has 0 bridgehead atoms. The lowest BCUT2D eigenvalue weighted by Gasteiger charge is -2.07. The quantitative estimate of drug-likeness (QED) is 0.535. The van der Waals surface area contributed by atoms with Crippen molar-refractivity contribution in [2.24, 2.45) is 5.18 Å². The molecular weight excluding hydrogens is 182 g/mol. The van der Waals surface area contributed by atoms with Gasteiger partial charge in [-0.2, -0.15) is 0 Å². The standard InChI is InChI=1S/C10H13NO3/c1-8-4-3-5-9(10(8)11-12)14-7-6-13-2/h3-5H,6-7H2,1-2H3. The molecule has 76 valence electrons. The van der Waals surface area contributed by atoms with Crippen LogP contribution in [0.25, 0.3) is 0 Å². The van der Waals surface area contributed by atoms with Crippen LogP contribution in [0.2, 0.25) is 0 Å². The molecule has 0 saturated carbocycles. The highest BCUT2D eigenvalue weighted by Gasteiger charge is 2.06. The summed E-state index contributed by atoms with van der Waals surface area (Å²) in [5, 5.41) is 2.93. The molecular formula is C10H13NO3. The molecule has 0 heterocycles. The summed E-state index contributed by atoms with van der Waals surface area (Å²) in [5.74, 6) is 0.511. The molecule has 14 heavy (non-hydrogen) atoms. The Labute approximate surface area is 82.8 Å². The maximum Gasteiger partial charge on any atom is 0.152 e. The fourth-order valence-electron chi connectivity index (χ4n) is 1.10. The Morgan fingerprint density at radius 2 is 2.14 bits per heavy atom. The van der Waals surface area contributed by atoms with Crippen LogP contribution >= 0.6 is 0 Å². The summed E-state index contributed by atoms with van der Waals surface area (Å²) < 4.78 is 10.2. The first-order valence-electron chi connectivity index (χ1n) is 4.34. The van der Waals surface area contributed by atoms with Gasteiger partial charge in [0.15, 0.2) is 5.69 Å². The van der Waals surface area contributed by atoms with Gasteiger partial charge in [-0.3, -0.25) is 0 Å². The average molecular weight is 195 g/mol. The molecule has 0 aliphatic heterocycles. The van der Waals surface area contributed by atoms with Crippen molar-refractivity contribution in [1.82, 2.24) is 0 Å². The van der Waals surface area contributed by atoms with Gasteiger partial charge in [0.1, 0.15) is 12.4 Å². The van der Waals surface area contributed by atoms with Crippen molar-refractivity contribution in [3.05, 3.63) is 28.7 Å². The van der Waals surface area contributed by atoms with Crippen LogP contribution in [0.4, 0.5) is 5.69 Å². The van der Waals surface area contributed by atoms with E-state index in [4.69, 9.17) is 9.47 Å². The maximum absolute atomic E-state index is 10.5. The Kier molecular flexibility index (Phi) is 4.07. The van der Waals surface area contributed by atoms with Gasteiger partial charge in [-0.1, -0.05) is 12.1 Å². The number of hydrogen-bond acceptors (Lipinski definition) is 4. The largest absolute Gasteiger partial charge is 0.489 e. The van der Waals surface area contributed by atoms with Gasteiger partial charge in [0.05, 0.1) is 6.61 Å². The first kappa shape index (κ1) is 10.7. The summed E-state index contributed by atoms with van der Waals surface area (Å²) in [4.78, 5) is 10.5. The van der Waals surface area contributed by atoms with E-state index in [2.05, 4.69) is 5.18 Å². The number of nitroso groups, excluding NO2 is 1. The van der Waals surface area contributed by atoms with Crippen LogP contribution in [0.15, 0.2) is 23.4 Å². The second-order valence-corrected chi connectivity index (χ2v) is 2.85. The zero-order chi connectivity index (χ0) is 10.4. The lowest BCUT2D eigenvalue weighted by atomic mass is 10.2. The van der Waals surface area contributed by atoms with E-state index in [9.17, 15) is 4.91 Å². The number of aryl methyl sites for hydroxylation is 1. The highest BCUT2D eigenvalue weighted by Crippen LogP contribution is 2.30. The SMILES string of the molecule is COCCOc1cccc(C)c1N=O. The van der Waals surface area contributed by atoms with E-state index in [1.807, 2.05) is 19.1 Å². The Balaban J connectivity index is 2.75. The first-order valence-corrected chi connectivity index (χ1v) is 4.34. The third kappa shape index (κ3) is 2.53. The van der Waals surface area contributed by atoms with Crippen LogP contribution < -0.4 is 4.74 Å². The molecule has 0 spiro atoms. The monoisotopic (exact) mass is 195 g/mol. The minimum absolute atomic E-state index is 0.364. The number of hydrogen-bond donors (Lipinski definition) is 0. The van der Waals surface area contributed by atoms with E-state index < -0.39 is 0 Å². The molecule has 0 radical (unpaired) electrons. The van der Waals surface area contributed by atoms with Gasteiger partial charge in [-0.05, 0) is 23.7 Å². The van der Waals surface area contributed by atoms with E-state index in [1.165, 1.54) is 0 Å². The minimum Gasteiger partial charge on any atom is -0.489 e. The number of ether oxygens (including phenoxy) is 2. The molecule has 0 saturated heterocycles. The molecule has 1 rings (SSSR count). The third-order valence-corrected chi connectivity index (χ3v) is 1.84. The van der Waals surface area contributed by atoms with Crippen LogP contribution in [-0.4, -0.2) is 20.3 Å². The molecule has 1 aromatic carbocycles. The molecule has 0 atom stereocenters. The summed E-state index contributed by atoms with van der Waals surface area (Å²) in [6.45, 7) is 2.73. The van der Waals surface area contributed by atoms with Crippen LogP contribution in [-0.2, 0) is 4.74 Å². The van der Waals surface area contributed by atoms with Crippen molar-refractivity contribution in [3.8, 4) is 5.75 Å². The second kappa shape index (κ2) is 5.34. The van der Waals surface area contributed by atoms with E-state index in [0.717, 1.165) is 5.56 Å². The van der Waals surface area contributed by atoms with Crippen LogP contribution in [0.3, 0.4) is 0 Å². The van der Waals surface area contributed by atoms with Crippen LogP contribution in [0.5, 0.6) is 5.75 Å². The normalized spacial score (nSPS) is 9.86. The van der Waals surface area contributed by atoms with Gasteiger partial charge in [0, 0.05) is 7.11 Å². The topological polar surface area (TPSA) is 47.9 Å². The summed E-state index contributed by atoms with van der Waals surface area (Å²) in [6.07, 6.45) is 0. The zero-order valence-electron chi connectivity index (χ0n) is 8.32. The van der Waals surface area contributed by atoms with Crippen molar-refractivity contribution in [2.45, 2.75) is 6.92 Å². The van der Waals surface area contributed by atoms with Gasteiger partial charge in [-0.25, -0.2) is 0 Å². The van der Waals surface area contributed by atoms with E-state index in [-0.39, 0.29) is 0 Å². The highest BCUT2D eigenvalue weighted by atomic mass is 16.5. The lowest BCUT2D eigenvalue weighted by molar-refractivity contribution is 0.146. The smallest absolute Gasteiger partial charge is 0.152 e. The summed E-state index contributed by atoms with van der Waals surface area (Å²) in [7, 11) is 1.60. The molecule has 4 nitrogen and oxygen atoms in total. The molecule has 0 aliphatic rings. The van der Waals surface area contributed by atoms with Gasteiger partial charge < -0.3 is 9.47 Å². The molecule has 0 amide bonds. The minimum atomic E-state index is 0.364. The van der Waals surface area contributed by atoms with Crippen molar-refractivity contribution >= 4 is 5.69 Å². The summed E-state index contributed by atoms with van der Waals surface area (Å²) in [6, 6.07) is 5.37. The zero-order valence-corrected chi connectivity index (χ0v) is 8.32. The molecule has 0 aliphatic carbocycles. The molecule has 0 N–H and O–H groups in total. The van der Waals surface area contributed by atoms with E-state index in [0.29, 0.717) is 24.7 Å². The van der Waals surface area contributed by atoms with Gasteiger partial charge in [0.25, 0.3) is 0 Å². The second-order valence-electron chi connectivity index (χ2n) is 2.85. The Bertz CT molecular complexity index is 312. The fraction of sp³-hybridized carbons (Fsp3) is 0.400. The van der Waals surface area contributed by atoms with Gasteiger partial charge >= 0.3 is 0 Å². The van der Waals surface area contributed by atoms with Gasteiger partial charge in [-0.15, -0.1) is 4.91 Å². The number of benzene rings is 1. The highest BCUT2D eigenvalue weighted by molar-refractivity contribution is 5.56. The lowest BCUT2D eigenvalue weighted by Crippen LogP contribution is -2.04. The first-order chi connectivity index (χ1) is 6.79. The molecule has 1 aromatic rings. The van der Waals surface area contributed by atoms with Crippen LogP contribution in [0.1, 0.15) is 5.56 Å². The number of methoxy groups -OCH3 is 1. The number of rotatable bonds is 5. The van der Waals surface area contributed by atoms with Crippen molar-refractivity contribution < 1.29 is 9.47 Å². The van der Waals surface area contributed by atoms with E-state index in [1.54, 1.807) is 13.2 Å². The van der Waals surface area contributed by atoms with Crippen molar-refractivity contribution in [2.75, 3.05) is 20.3 Å².